The molecule has 0 spiro atoms. The van der Waals surface area contributed by atoms with Crippen LogP contribution in [-0.2, 0) is 0 Å². The second-order valence-electron chi connectivity index (χ2n) is 3.47. The molecule has 0 fully saturated rings. The molecular formula is C11H19N. The zero-order chi connectivity index (χ0) is 8.81. The maximum absolute atomic E-state index is 3.75. The van der Waals surface area contributed by atoms with Crippen molar-refractivity contribution in [2.75, 3.05) is 6.54 Å². The van der Waals surface area contributed by atoms with Crippen LogP contribution in [0, 0.1) is 5.92 Å². The second kappa shape index (κ2) is 5.15. The van der Waals surface area contributed by atoms with Crippen LogP contribution in [0.1, 0.15) is 26.2 Å². The van der Waals surface area contributed by atoms with Crippen molar-refractivity contribution in [1.29, 1.82) is 0 Å². The topological polar surface area (TPSA) is 12.0 Å². The van der Waals surface area contributed by atoms with Gasteiger partial charge in [0.05, 0.1) is 0 Å². The molecule has 0 amide bonds. The van der Waals surface area contributed by atoms with Crippen molar-refractivity contribution in [1.82, 2.24) is 5.32 Å². The molecule has 1 heteroatoms. The Hall–Kier alpha value is -0.560. The Kier molecular flexibility index (Phi) is 4.09. The molecule has 1 heterocycles. The van der Waals surface area contributed by atoms with Crippen LogP contribution >= 0.6 is 0 Å². The van der Waals surface area contributed by atoms with Gasteiger partial charge in [-0.25, -0.2) is 0 Å². The van der Waals surface area contributed by atoms with E-state index in [1.165, 1.54) is 12.8 Å². The molecule has 0 saturated carbocycles. The largest absolute Gasteiger partial charge is 0.310 e. The molecule has 0 aliphatic carbocycles. The van der Waals surface area contributed by atoms with Gasteiger partial charge in [0.1, 0.15) is 0 Å². The van der Waals surface area contributed by atoms with E-state index in [1.54, 1.807) is 0 Å². The van der Waals surface area contributed by atoms with Crippen molar-refractivity contribution in [2.45, 2.75) is 32.2 Å². The van der Waals surface area contributed by atoms with Gasteiger partial charge in [-0.05, 0) is 18.8 Å². The maximum Gasteiger partial charge on any atom is 0.0250 e. The predicted octanol–water partition coefficient (Wildman–Crippen LogP) is 2.51. The Morgan fingerprint density at radius 2 is 2.42 bits per heavy atom. The fourth-order valence-electron chi connectivity index (χ4n) is 1.62. The van der Waals surface area contributed by atoms with Crippen molar-refractivity contribution in [3.05, 3.63) is 24.8 Å². The molecule has 0 aromatic heterocycles. The molecule has 68 valence electrons. The summed E-state index contributed by atoms with van der Waals surface area (Å²) in [6.45, 7) is 7.09. The fourth-order valence-corrected chi connectivity index (χ4v) is 1.62. The Bertz CT molecular complexity index is 160. The van der Waals surface area contributed by atoms with Gasteiger partial charge in [0.2, 0.25) is 0 Å². The van der Waals surface area contributed by atoms with Crippen molar-refractivity contribution < 1.29 is 0 Å². The summed E-state index contributed by atoms with van der Waals surface area (Å²) in [4.78, 5) is 0. The Morgan fingerprint density at radius 1 is 1.58 bits per heavy atom. The standard InChI is InChI=1S/C11H19N/c1-3-5-10-7-8-11(6-4-2)12-9-10/h3,7-8,10-12H,1,4-6,9H2,2H3. The molecule has 12 heavy (non-hydrogen) atoms. The number of hydrogen-bond acceptors (Lipinski definition) is 1. The van der Waals surface area contributed by atoms with E-state index < -0.39 is 0 Å². The highest BCUT2D eigenvalue weighted by Gasteiger charge is 2.12. The number of hydrogen-bond donors (Lipinski definition) is 1. The van der Waals surface area contributed by atoms with Crippen molar-refractivity contribution >= 4 is 0 Å². The summed E-state index contributed by atoms with van der Waals surface area (Å²) in [7, 11) is 0. The third-order valence-electron chi connectivity index (χ3n) is 2.33. The van der Waals surface area contributed by atoms with Crippen molar-refractivity contribution in [3.8, 4) is 0 Å². The molecular weight excluding hydrogens is 146 g/mol. The first-order valence-electron chi connectivity index (χ1n) is 4.89. The lowest BCUT2D eigenvalue weighted by Crippen LogP contribution is -2.34. The molecule has 1 aliphatic rings. The second-order valence-corrected chi connectivity index (χ2v) is 3.47. The van der Waals surface area contributed by atoms with E-state index in [1.807, 2.05) is 6.08 Å². The lowest BCUT2D eigenvalue weighted by molar-refractivity contribution is 0.467. The van der Waals surface area contributed by atoms with E-state index >= 15 is 0 Å². The van der Waals surface area contributed by atoms with Gasteiger partial charge >= 0.3 is 0 Å². The van der Waals surface area contributed by atoms with Crippen LogP contribution in [0.3, 0.4) is 0 Å². The van der Waals surface area contributed by atoms with Gasteiger partial charge in [-0.2, -0.15) is 0 Å². The summed E-state index contributed by atoms with van der Waals surface area (Å²) in [6, 6.07) is 0.621. The first-order chi connectivity index (χ1) is 5.86. The number of rotatable bonds is 4. The molecule has 1 aliphatic heterocycles. The van der Waals surface area contributed by atoms with Gasteiger partial charge in [0.15, 0.2) is 0 Å². The molecule has 2 unspecified atom stereocenters. The maximum atomic E-state index is 3.75. The monoisotopic (exact) mass is 165 g/mol. The Morgan fingerprint density at radius 3 is 2.92 bits per heavy atom. The van der Waals surface area contributed by atoms with Crippen LogP contribution in [0.25, 0.3) is 0 Å². The highest BCUT2D eigenvalue weighted by molar-refractivity contribution is 5.03. The average molecular weight is 165 g/mol. The van der Waals surface area contributed by atoms with Gasteiger partial charge in [0.25, 0.3) is 0 Å². The van der Waals surface area contributed by atoms with Crippen LogP contribution in [0.5, 0.6) is 0 Å². The van der Waals surface area contributed by atoms with E-state index in [0.29, 0.717) is 12.0 Å². The van der Waals surface area contributed by atoms with Gasteiger partial charge < -0.3 is 5.32 Å². The van der Waals surface area contributed by atoms with E-state index in [9.17, 15) is 0 Å². The average Bonchev–Trinajstić information content (AvgIpc) is 2.09. The smallest absolute Gasteiger partial charge is 0.0250 e. The molecule has 0 saturated heterocycles. The predicted molar refractivity (Wildman–Crippen MR) is 54.1 cm³/mol. The number of nitrogens with one attached hydrogen (secondary N) is 1. The minimum Gasteiger partial charge on any atom is -0.310 e. The molecule has 0 aromatic rings. The lowest BCUT2D eigenvalue weighted by Gasteiger charge is -2.23. The minimum atomic E-state index is 0.621. The van der Waals surface area contributed by atoms with E-state index in [4.69, 9.17) is 0 Å². The number of allylic oxidation sites excluding steroid dienone is 1. The fraction of sp³-hybridized carbons (Fsp3) is 0.636. The summed E-state index contributed by atoms with van der Waals surface area (Å²) >= 11 is 0. The summed E-state index contributed by atoms with van der Waals surface area (Å²) in [6.07, 6.45) is 10.3. The van der Waals surface area contributed by atoms with Crippen LogP contribution in [0.15, 0.2) is 24.8 Å². The van der Waals surface area contributed by atoms with Gasteiger partial charge in [0, 0.05) is 12.6 Å². The highest BCUT2D eigenvalue weighted by atomic mass is 14.9. The molecule has 1 rings (SSSR count). The zero-order valence-electron chi connectivity index (χ0n) is 7.92. The third-order valence-corrected chi connectivity index (χ3v) is 2.33. The SMILES string of the molecule is C=CCC1C=CC(CCC)NC1. The zero-order valence-corrected chi connectivity index (χ0v) is 7.92. The Balaban J connectivity index is 2.31. The molecule has 0 radical (unpaired) electrons. The summed E-state index contributed by atoms with van der Waals surface area (Å²) in [5.74, 6) is 0.676. The first kappa shape index (κ1) is 9.53. The molecule has 2 atom stereocenters. The van der Waals surface area contributed by atoms with Crippen LogP contribution in [0.4, 0.5) is 0 Å². The summed E-state index contributed by atoms with van der Waals surface area (Å²) in [5, 5.41) is 3.52. The van der Waals surface area contributed by atoms with Crippen molar-refractivity contribution in [3.63, 3.8) is 0 Å². The van der Waals surface area contributed by atoms with E-state index in [2.05, 4.69) is 31.0 Å². The third kappa shape index (κ3) is 2.82. The van der Waals surface area contributed by atoms with E-state index in [0.717, 1.165) is 13.0 Å². The summed E-state index contributed by atoms with van der Waals surface area (Å²) in [5.41, 5.74) is 0. The van der Waals surface area contributed by atoms with Crippen molar-refractivity contribution in [2.24, 2.45) is 5.92 Å². The molecule has 1 N–H and O–H groups in total. The van der Waals surface area contributed by atoms with Gasteiger partial charge in [-0.1, -0.05) is 31.6 Å². The molecule has 1 nitrogen and oxygen atoms in total. The van der Waals surface area contributed by atoms with Gasteiger partial charge in [-0.15, -0.1) is 6.58 Å². The highest BCUT2D eigenvalue weighted by Crippen LogP contribution is 2.12. The molecule has 0 aromatic carbocycles. The first-order valence-corrected chi connectivity index (χ1v) is 4.89. The Labute approximate surface area is 75.6 Å². The van der Waals surface area contributed by atoms with Crippen LogP contribution in [0.2, 0.25) is 0 Å². The minimum absolute atomic E-state index is 0.621. The van der Waals surface area contributed by atoms with Gasteiger partial charge in [-0.3, -0.25) is 0 Å². The molecule has 0 bridgehead atoms. The van der Waals surface area contributed by atoms with Crippen LogP contribution < -0.4 is 5.32 Å². The van der Waals surface area contributed by atoms with Crippen LogP contribution in [-0.4, -0.2) is 12.6 Å². The summed E-state index contributed by atoms with van der Waals surface area (Å²) < 4.78 is 0. The normalized spacial score (nSPS) is 28.8. The lowest BCUT2D eigenvalue weighted by atomic mass is 9.98. The van der Waals surface area contributed by atoms with E-state index in [-0.39, 0.29) is 0 Å². The quantitative estimate of drug-likeness (QED) is 0.631.